The first-order valence-electron chi connectivity index (χ1n) is 8.07. The standard InChI is InChI=1S/C20H20N2O3/c1-12-7-18-15(11-25-19(18)8-13(12)2)9-20(24)22-17-6-4-5-16(10-17)21-14(3)23/h4-8,10-11H,9H2,1-3H3,(H,21,23)(H,22,24). The fraction of sp³-hybridized carbons (Fsp3) is 0.200. The maximum Gasteiger partial charge on any atom is 0.228 e. The van der Waals surface area contributed by atoms with Crippen LogP contribution in [0.15, 0.2) is 47.1 Å². The van der Waals surface area contributed by atoms with Crippen LogP contribution in [0.4, 0.5) is 11.4 Å². The van der Waals surface area contributed by atoms with Crippen LogP contribution in [0.5, 0.6) is 0 Å². The molecule has 0 aliphatic rings. The zero-order chi connectivity index (χ0) is 18.0. The van der Waals surface area contributed by atoms with Gasteiger partial charge in [-0.2, -0.15) is 0 Å². The molecule has 3 aromatic rings. The molecule has 0 bridgehead atoms. The lowest BCUT2D eigenvalue weighted by molar-refractivity contribution is -0.115. The summed E-state index contributed by atoms with van der Waals surface area (Å²) < 4.78 is 5.57. The van der Waals surface area contributed by atoms with Gasteiger partial charge in [0.2, 0.25) is 11.8 Å². The van der Waals surface area contributed by atoms with Gasteiger partial charge in [-0.15, -0.1) is 0 Å². The number of hydrogen-bond acceptors (Lipinski definition) is 3. The summed E-state index contributed by atoms with van der Waals surface area (Å²) in [6.45, 7) is 5.52. The topological polar surface area (TPSA) is 71.3 Å². The summed E-state index contributed by atoms with van der Waals surface area (Å²) in [5.74, 6) is -0.292. The number of anilines is 2. The summed E-state index contributed by atoms with van der Waals surface area (Å²) >= 11 is 0. The SMILES string of the molecule is CC(=O)Nc1cccc(NC(=O)Cc2coc3cc(C)c(C)cc23)c1. The zero-order valence-corrected chi connectivity index (χ0v) is 14.5. The highest BCUT2D eigenvalue weighted by molar-refractivity contribution is 5.96. The van der Waals surface area contributed by atoms with Crippen LogP contribution in [0.2, 0.25) is 0 Å². The normalized spacial score (nSPS) is 10.7. The number of furan rings is 1. The van der Waals surface area contributed by atoms with Gasteiger partial charge in [0.15, 0.2) is 0 Å². The van der Waals surface area contributed by atoms with E-state index in [0.29, 0.717) is 11.4 Å². The van der Waals surface area contributed by atoms with Crippen molar-refractivity contribution in [1.29, 1.82) is 0 Å². The molecule has 5 nitrogen and oxygen atoms in total. The first kappa shape index (κ1) is 16.8. The van der Waals surface area contributed by atoms with E-state index in [-0.39, 0.29) is 18.2 Å². The average molecular weight is 336 g/mol. The van der Waals surface area contributed by atoms with E-state index >= 15 is 0 Å². The van der Waals surface area contributed by atoms with Gasteiger partial charge in [-0.1, -0.05) is 6.07 Å². The predicted molar refractivity (Wildman–Crippen MR) is 98.8 cm³/mol. The fourth-order valence-electron chi connectivity index (χ4n) is 2.73. The van der Waals surface area contributed by atoms with Crippen molar-refractivity contribution in [3.8, 4) is 0 Å². The van der Waals surface area contributed by atoms with Crippen LogP contribution in [0.1, 0.15) is 23.6 Å². The van der Waals surface area contributed by atoms with Gasteiger partial charge in [0.1, 0.15) is 5.58 Å². The van der Waals surface area contributed by atoms with Crippen molar-refractivity contribution in [3.63, 3.8) is 0 Å². The molecule has 0 saturated carbocycles. The van der Waals surface area contributed by atoms with E-state index in [1.54, 1.807) is 30.5 Å². The Morgan fingerprint density at radius 2 is 1.68 bits per heavy atom. The van der Waals surface area contributed by atoms with Crippen molar-refractivity contribution in [1.82, 2.24) is 0 Å². The van der Waals surface area contributed by atoms with Crippen LogP contribution in [0, 0.1) is 13.8 Å². The highest BCUT2D eigenvalue weighted by atomic mass is 16.3. The molecule has 25 heavy (non-hydrogen) atoms. The average Bonchev–Trinajstić information content (AvgIpc) is 2.89. The molecule has 0 radical (unpaired) electrons. The molecular formula is C20H20N2O3. The van der Waals surface area contributed by atoms with Gasteiger partial charge >= 0.3 is 0 Å². The third kappa shape index (κ3) is 3.88. The number of fused-ring (bicyclic) bond motifs is 1. The summed E-state index contributed by atoms with van der Waals surface area (Å²) in [7, 11) is 0. The number of hydrogen-bond donors (Lipinski definition) is 2. The Kier molecular flexibility index (Phi) is 4.57. The lowest BCUT2D eigenvalue weighted by atomic mass is 10.0. The molecule has 0 aliphatic heterocycles. The Balaban J connectivity index is 1.75. The van der Waals surface area contributed by atoms with E-state index in [9.17, 15) is 9.59 Å². The minimum Gasteiger partial charge on any atom is -0.464 e. The predicted octanol–water partition coefficient (Wildman–Crippen LogP) is 4.19. The molecule has 2 N–H and O–H groups in total. The molecule has 3 rings (SSSR count). The molecule has 0 unspecified atom stereocenters. The number of rotatable bonds is 4. The molecular weight excluding hydrogens is 316 g/mol. The number of carbonyl (C=O) groups is 2. The maximum absolute atomic E-state index is 12.4. The van der Waals surface area contributed by atoms with E-state index in [1.807, 2.05) is 26.0 Å². The number of aryl methyl sites for hydroxylation is 2. The highest BCUT2D eigenvalue weighted by Gasteiger charge is 2.12. The number of amides is 2. The minimum atomic E-state index is -0.154. The van der Waals surface area contributed by atoms with Gasteiger partial charge in [0, 0.05) is 29.2 Å². The van der Waals surface area contributed by atoms with Crippen LogP contribution < -0.4 is 10.6 Å². The highest BCUT2D eigenvalue weighted by Crippen LogP contribution is 2.25. The third-order valence-corrected chi connectivity index (χ3v) is 4.09. The number of nitrogens with one attached hydrogen (secondary N) is 2. The van der Waals surface area contributed by atoms with Gasteiger partial charge in [-0.3, -0.25) is 9.59 Å². The number of benzene rings is 2. The molecule has 0 fully saturated rings. The van der Waals surface area contributed by atoms with Gasteiger partial charge in [-0.05, 0) is 55.3 Å². The van der Waals surface area contributed by atoms with Crippen LogP contribution in [-0.4, -0.2) is 11.8 Å². The quantitative estimate of drug-likeness (QED) is 0.750. The maximum atomic E-state index is 12.4. The van der Waals surface area contributed by atoms with Gasteiger partial charge in [0.05, 0.1) is 12.7 Å². The van der Waals surface area contributed by atoms with Crippen molar-refractivity contribution in [2.24, 2.45) is 0 Å². The number of carbonyl (C=O) groups excluding carboxylic acids is 2. The monoisotopic (exact) mass is 336 g/mol. The molecule has 2 aromatic carbocycles. The van der Waals surface area contributed by atoms with Crippen molar-refractivity contribution >= 4 is 34.2 Å². The van der Waals surface area contributed by atoms with E-state index in [4.69, 9.17) is 4.42 Å². The zero-order valence-electron chi connectivity index (χ0n) is 14.5. The van der Waals surface area contributed by atoms with Crippen molar-refractivity contribution in [2.45, 2.75) is 27.2 Å². The van der Waals surface area contributed by atoms with Crippen molar-refractivity contribution in [2.75, 3.05) is 10.6 Å². The Hall–Kier alpha value is -3.08. The molecule has 0 atom stereocenters. The van der Waals surface area contributed by atoms with E-state index in [1.165, 1.54) is 12.5 Å². The van der Waals surface area contributed by atoms with Gasteiger partial charge in [0.25, 0.3) is 0 Å². The molecule has 1 aromatic heterocycles. The summed E-state index contributed by atoms with van der Waals surface area (Å²) in [6, 6.07) is 11.1. The molecule has 0 aliphatic carbocycles. The second-order valence-electron chi connectivity index (χ2n) is 6.18. The first-order valence-corrected chi connectivity index (χ1v) is 8.07. The van der Waals surface area contributed by atoms with Crippen molar-refractivity contribution < 1.29 is 14.0 Å². The van der Waals surface area contributed by atoms with E-state index in [2.05, 4.69) is 10.6 Å². The first-order chi connectivity index (χ1) is 11.9. The Morgan fingerprint density at radius 3 is 2.40 bits per heavy atom. The minimum absolute atomic E-state index is 0.138. The third-order valence-electron chi connectivity index (χ3n) is 4.09. The Bertz CT molecular complexity index is 957. The van der Waals surface area contributed by atoms with E-state index in [0.717, 1.165) is 22.1 Å². The molecule has 1 heterocycles. The summed E-state index contributed by atoms with van der Waals surface area (Å²) in [4.78, 5) is 23.5. The summed E-state index contributed by atoms with van der Waals surface area (Å²) in [5, 5.41) is 6.51. The Morgan fingerprint density at radius 1 is 1.00 bits per heavy atom. The van der Waals surface area contributed by atoms with Crippen LogP contribution in [0.25, 0.3) is 11.0 Å². The van der Waals surface area contributed by atoms with Crippen LogP contribution in [-0.2, 0) is 16.0 Å². The van der Waals surface area contributed by atoms with Gasteiger partial charge in [-0.25, -0.2) is 0 Å². The molecule has 128 valence electrons. The van der Waals surface area contributed by atoms with Gasteiger partial charge < -0.3 is 15.1 Å². The lowest BCUT2D eigenvalue weighted by Gasteiger charge is -2.07. The molecule has 2 amide bonds. The molecule has 0 saturated heterocycles. The largest absolute Gasteiger partial charge is 0.464 e. The summed E-state index contributed by atoms with van der Waals surface area (Å²) in [6.07, 6.45) is 1.86. The smallest absolute Gasteiger partial charge is 0.228 e. The fourth-order valence-corrected chi connectivity index (χ4v) is 2.73. The van der Waals surface area contributed by atoms with Crippen LogP contribution in [0.3, 0.4) is 0 Å². The second kappa shape index (κ2) is 6.81. The molecule has 5 heteroatoms. The second-order valence-corrected chi connectivity index (χ2v) is 6.18. The van der Waals surface area contributed by atoms with E-state index < -0.39 is 0 Å². The van der Waals surface area contributed by atoms with Crippen molar-refractivity contribution in [3.05, 3.63) is 59.4 Å². The lowest BCUT2D eigenvalue weighted by Crippen LogP contribution is -2.14. The van der Waals surface area contributed by atoms with Crippen LogP contribution >= 0.6 is 0 Å². The summed E-state index contributed by atoms with van der Waals surface area (Å²) in [5.41, 5.74) is 5.25. The molecule has 0 spiro atoms. The Labute approximate surface area is 146 Å².